The van der Waals surface area contributed by atoms with Crippen molar-refractivity contribution in [3.63, 3.8) is 0 Å². The summed E-state index contributed by atoms with van der Waals surface area (Å²) in [5, 5.41) is 8.67. The lowest BCUT2D eigenvalue weighted by Gasteiger charge is -2.34. The van der Waals surface area contributed by atoms with Gasteiger partial charge in [0, 0.05) is 37.3 Å². The highest BCUT2D eigenvalue weighted by molar-refractivity contribution is 6.06. The summed E-state index contributed by atoms with van der Waals surface area (Å²) in [5.41, 5.74) is 3.24. The maximum atomic E-state index is 13.4. The largest absolute Gasteiger partial charge is 0.333 e. The minimum atomic E-state index is 0.0527. The van der Waals surface area contributed by atoms with E-state index in [1.165, 1.54) is 0 Å². The van der Waals surface area contributed by atoms with E-state index in [4.69, 9.17) is 4.98 Å². The van der Waals surface area contributed by atoms with Gasteiger partial charge < -0.3 is 10.2 Å². The summed E-state index contributed by atoms with van der Waals surface area (Å²) in [4.78, 5) is 20.2. The van der Waals surface area contributed by atoms with Gasteiger partial charge in [-0.1, -0.05) is 30.3 Å². The highest BCUT2D eigenvalue weighted by Gasteiger charge is 2.27. The first-order valence-corrected chi connectivity index (χ1v) is 9.51. The molecule has 1 amide bonds. The van der Waals surface area contributed by atoms with Crippen molar-refractivity contribution in [3.8, 4) is 11.3 Å². The van der Waals surface area contributed by atoms with E-state index in [1.807, 2.05) is 46.0 Å². The van der Waals surface area contributed by atoms with E-state index in [0.717, 1.165) is 35.4 Å². The number of nitrogens with one attached hydrogen (secondary N) is 1. The van der Waals surface area contributed by atoms with Crippen molar-refractivity contribution in [2.24, 2.45) is 0 Å². The fraction of sp³-hybridized carbons (Fsp3) is 0.381. The summed E-state index contributed by atoms with van der Waals surface area (Å²) in [5.74, 6) is 0.0527. The number of nitrogens with zero attached hydrogens (tertiary/aromatic N) is 4. The lowest BCUT2D eigenvalue weighted by atomic mass is 10.0. The number of carbonyl (C=O) groups excluding carboxylic acids is 1. The Morgan fingerprint density at radius 3 is 2.74 bits per heavy atom. The Kier molecular flexibility index (Phi) is 4.66. The molecule has 3 aromatic rings. The summed E-state index contributed by atoms with van der Waals surface area (Å²) in [7, 11) is 0. The first-order chi connectivity index (χ1) is 13.1. The zero-order valence-electron chi connectivity index (χ0n) is 16.0. The summed E-state index contributed by atoms with van der Waals surface area (Å²) < 4.78 is 1.89. The first-order valence-electron chi connectivity index (χ1n) is 9.51. The predicted octanol–water partition coefficient (Wildman–Crippen LogP) is 3.11. The summed E-state index contributed by atoms with van der Waals surface area (Å²) in [6, 6.07) is 12.2. The third-order valence-corrected chi connectivity index (χ3v) is 5.12. The van der Waals surface area contributed by atoms with E-state index in [9.17, 15) is 4.79 Å². The molecule has 0 aliphatic carbocycles. The lowest BCUT2D eigenvalue weighted by molar-refractivity contribution is 0.0658. The Morgan fingerprint density at radius 1 is 1.26 bits per heavy atom. The molecule has 27 heavy (non-hydrogen) atoms. The number of fused-ring (bicyclic) bond motifs is 1. The van der Waals surface area contributed by atoms with Crippen LogP contribution in [0.3, 0.4) is 0 Å². The molecule has 1 aliphatic heterocycles. The summed E-state index contributed by atoms with van der Waals surface area (Å²) in [6.07, 6.45) is 1.78. The Bertz CT molecular complexity index is 963. The van der Waals surface area contributed by atoms with E-state index in [2.05, 4.69) is 31.2 Å². The molecular formula is C21H25N5O. The monoisotopic (exact) mass is 363 g/mol. The molecule has 1 unspecified atom stereocenters. The molecule has 0 saturated carbocycles. The Morgan fingerprint density at radius 2 is 2.04 bits per heavy atom. The fourth-order valence-corrected chi connectivity index (χ4v) is 3.63. The molecule has 0 spiro atoms. The molecule has 140 valence electrons. The van der Waals surface area contributed by atoms with Crippen LogP contribution in [0.4, 0.5) is 0 Å². The van der Waals surface area contributed by atoms with Gasteiger partial charge in [0.1, 0.15) is 0 Å². The fourth-order valence-electron chi connectivity index (χ4n) is 3.63. The molecule has 1 aliphatic rings. The molecule has 3 heterocycles. The molecule has 1 atom stereocenters. The van der Waals surface area contributed by atoms with Crippen LogP contribution in [0.25, 0.3) is 22.3 Å². The van der Waals surface area contributed by atoms with Crippen LogP contribution in [0.15, 0.2) is 42.6 Å². The molecule has 1 saturated heterocycles. The molecule has 6 heteroatoms. The summed E-state index contributed by atoms with van der Waals surface area (Å²) >= 11 is 0. The number of pyridine rings is 1. The molecule has 4 rings (SSSR count). The highest BCUT2D eigenvalue weighted by Crippen LogP contribution is 2.27. The van der Waals surface area contributed by atoms with Crippen LogP contribution in [-0.2, 0) is 0 Å². The number of aromatic nitrogens is 3. The van der Waals surface area contributed by atoms with Gasteiger partial charge in [-0.15, -0.1) is 0 Å². The predicted molar refractivity (Wildman–Crippen MR) is 107 cm³/mol. The second-order valence-electron chi connectivity index (χ2n) is 7.39. The molecular weight excluding hydrogens is 338 g/mol. The zero-order valence-corrected chi connectivity index (χ0v) is 16.0. The number of rotatable bonds is 3. The van der Waals surface area contributed by atoms with Gasteiger partial charge in [-0.2, -0.15) is 5.10 Å². The van der Waals surface area contributed by atoms with Gasteiger partial charge in [0.15, 0.2) is 5.65 Å². The number of carbonyl (C=O) groups is 1. The Hall–Kier alpha value is -2.73. The van der Waals surface area contributed by atoms with Gasteiger partial charge in [-0.25, -0.2) is 9.67 Å². The van der Waals surface area contributed by atoms with E-state index >= 15 is 0 Å². The van der Waals surface area contributed by atoms with Crippen LogP contribution in [-0.4, -0.2) is 51.2 Å². The van der Waals surface area contributed by atoms with E-state index in [1.54, 1.807) is 6.20 Å². The molecule has 0 bridgehead atoms. The van der Waals surface area contributed by atoms with Gasteiger partial charge in [-0.05, 0) is 26.8 Å². The molecule has 1 N–H and O–H groups in total. The third-order valence-electron chi connectivity index (χ3n) is 5.12. The van der Waals surface area contributed by atoms with Gasteiger partial charge in [-0.3, -0.25) is 4.79 Å². The molecule has 6 nitrogen and oxygen atoms in total. The molecule has 0 radical (unpaired) electrons. The van der Waals surface area contributed by atoms with Crippen LogP contribution in [0, 0.1) is 0 Å². The topological polar surface area (TPSA) is 63.1 Å². The van der Waals surface area contributed by atoms with Crippen molar-refractivity contribution in [3.05, 3.63) is 48.2 Å². The van der Waals surface area contributed by atoms with Crippen molar-refractivity contribution < 1.29 is 4.79 Å². The third kappa shape index (κ3) is 3.21. The van der Waals surface area contributed by atoms with Gasteiger partial charge >= 0.3 is 0 Å². The van der Waals surface area contributed by atoms with Gasteiger partial charge in [0.2, 0.25) is 0 Å². The average molecular weight is 363 g/mol. The van der Waals surface area contributed by atoms with Crippen molar-refractivity contribution >= 4 is 16.9 Å². The molecule has 1 aromatic carbocycles. The number of hydrogen-bond acceptors (Lipinski definition) is 4. The van der Waals surface area contributed by atoms with Crippen molar-refractivity contribution in [1.82, 2.24) is 25.0 Å². The highest BCUT2D eigenvalue weighted by atomic mass is 16.2. The zero-order chi connectivity index (χ0) is 19.0. The number of hydrogen-bond donors (Lipinski definition) is 1. The van der Waals surface area contributed by atoms with E-state index in [0.29, 0.717) is 12.1 Å². The number of benzene rings is 1. The van der Waals surface area contributed by atoms with Crippen molar-refractivity contribution in [2.45, 2.75) is 32.9 Å². The average Bonchev–Trinajstić information content (AvgIpc) is 3.12. The molecule has 2 aromatic heterocycles. The second kappa shape index (κ2) is 7.12. The van der Waals surface area contributed by atoms with E-state index < -0.39 is 0 Å². The smallest absolute Gasteiger partial charge is 0.255 e. The minimum absolute atomic E-state index is 0.0527. The first kappa shape index (κ1) is 17.7. The van der Waals surface area contributed by atoms with Crippen LogP contribution < -0.4 is 5.32 Å². The number of amides is 1. The van der Waals surface area contributed by atoms with Gasteiger partial charge in [0.25, 0.3) is 5.91 Å². The van der Waals surface area contributed by atoms with E-state index in [-0.39, 0.29) is 18.0 Å². The van der Waals surface area contributed by atoms with Crippen molar-refractivity contribution in [1.29, 1.82) is 0 Å². The van der Waals surface area contributed by atoms with Crippen LogP contribution in [0.5, 0.6) is 0 Å². The maximum absolute atomic E-state index is 13.4. The number of piperazine rings is 1. The quantitative estimate of drug-likeness (QED) is 0.777. The normalized spacial score (nSPS) is 17.6. The van der Waals surface area contributed by atoms with Gasteiger partial charge in [0.05, 0.1) is 22.8 Å². The Labute approximate surface area is 159 Å². The standard InChI is InChI=1S/C21H25N5O/c1-14(2)26-20-18(13-23-26)17(21(27)25-10-9-22-12-15(25)3)11-19(24-20)16-7-5-4-6-8-16/h4-8,11,13-15,22H,9-10,12H2,1-3H3. The van der Waals surface area contributed by atoms with Crippen LogP contribution in [0.1, 0.15) is 37.2 Å². The SMILES string of the molecule is CC1CNCCN1C(=O)c1cc(-c2ccccc2)nc2c1cnn2C(C)C. The second-order valence-corrected chi connectivity index (χ2v) is 7.39. The Balaban J connectivity index is 1.89. The summed E-state index contributed by atoms with van der Waals surface area (Å²) in [6.45, 7) is 8.57. The molecule has 1 fully saturated rings. The minimum Gasteiger partial charge on any atom is -0.333 e. The lowest BCUT2D eigenvalue weighted by Crippen LogP contribution is -2.52. The van der Waals surface area contributed by atoms with Crippen LogP contribution in [0.2, 0.25) is 0 Å². The maximum Gasteiger partial charge on any atom is 0.255 e. The van der Waals surface area contributed by atoms with Crippen molar-refractivity contribution in [2.75, 3.05) is 19.6 Å². The van der Waals surface area contributed by atoms with Crippen LogP contribution >= 0.6 is 0 Å².